The molecule has 1 aliphatic rings. The summed E-state index contributed by atoms with van der Waals surface area (Å²) in [4.78, 5) is 13.1. The predicted octanol–water partition coefficient (Wildman–Crippen LogP) is 3.00. The number of aliphatic carboxylic acids is 1. The van der Waals surface area contributed by atoms with Crippen molar-refractivity contribution in [2.45, 2.75) is 65.5 Å². The quantitative estimate of drug-likeness (QED) is 0.804. The lowest BCUT2D eigenvalue weighted by Gasteiger charge is -2.42. The summed E-state index contributed by atoms with van der Waals surface area (Å²) >= 11 is 0. The molecule has 1 fully saturated rings. The minimum absolute atomic E-state index is 0.261. The Morgan fingerprint density at radius 1 is 1.35 bits per heavy atom. The van der Waals surface area contributed by atoms with E-state index in [1.54, 1.807) is 0 Å². The third-order valence-corrected chi connectivity index (χ3v) is 4.06. The minimum Gasteiger partial charge on any atom is -0.481 e. The van der Waals surface area contributed by atoms with E-state index in [4.69, 9.17) is 5.11 Å². The van der Waals surface area contributed by atoms with Crippen LogP contribution in [0.4, 0.5) is 0 Å². The van der Waals surface area contributed by atoms with E-state index >= 15 is 0 Å². The van der Waals surface area contributed by atoms with Crippen molar-refractivity contribution in [2.75, 3.05) is 6.54 Å². The van der Waals surface area contributed by atoms with Crippen molar-refractivity contribution in [3.8, 4) is 0 Å². The minimum atomic E-state index is -0.688. The number of hydrogen-bond acceptors (Lipinski definition) is 2. The van der Waals surface area contributed by atoms with Gasteiger partial charge in [0.05, 0.1) is 6.42 Å². The Morgan fingerprint density at radius 3 is 2.47 bits per heavy atom. The summed E-state index contributed by atoms with van der Waals surface area (Å²) in [6.07, 6.45) is 4.04. The maximum absolute atomic E-state index is 10.7. The van der Waals surface area contributed by atoms with Gasteiger partial charge in [0.25, 0.3) is 0 Å². The third kappa shape index (κ3) is 4.30. The fourth-order valence-corrected chi connectivity index (χ4v) is 3.17. The number of rotatable bonds is 5. The zero-order valence-electron chi connectivity index (χ0n) is 11.6. The van der Waals surface area contributed by atoms with Gasteiger partial charge in [-0.1, -0.05) is 13.8 Å². The molecule has 1 saturated carbocycles. The molecule has 100 valence electrons. The second kappa shape index (κ2) is 6.39. The van der Waals surface area contributed by atoms with E-state index < -0.39 is 5.97 Å². The average molecular weight is 241 g/mol. The summed E-state index contributed by atoms with van der Waals surface area (Å²) in [5, 5.41) is 8.82. The molecule has 0 saturated heterocycles. The lowest BCUT2D eigenvalue weighted by molar-refractivity contribution is -0.137. The smallest absolute Gasteiger partial charge is 0.304 e. The fourth-order valence-electron chi connectivity index (χ4n) is 3.17. The number of carboxylic acids is 1. The monoisotopic (exact) mass is 241 g/mol. The van der Waals surface area contributed by atoms with Gasteiger partial charge in [-0.25, -0.2) is 0 Å². The van der Waals surface area contributed by atoms with Crippen molar-refractivity contribution in [3.63, 3.8) is 0 Å². The standard InChI is InChI=1S/C14H27NO2/c1-10(2)15(8-7-14(16)17)13-6-5-11(3)9-12(13)4/h10-13H,5-9H2,1-4H3,(H,16,17). The Balaban J connectivity index is 2.60. The highest BCUT2D eigenvalue weighted by Gasteiger charge is 2.31. The molecular formula is C14H27NO2. The summed E-state index contributed by atoms with van der Waals surface area (Å²) in [6, 6.07) is 1.01. The molecular weight excluding hydrogens is 214 g/mol. The molecule has 0 heterocycles. The first-order chi connectivity index (χ1) is 7.91. The van der Waals surface area contributed by atoms with Crippen LogP contribution in [0.25, 0.3) is 0 Å². The van der Waals surface area contributed by atoms with E-state index in [-0.39, 0.29) is 6.42 Å². The molecule has 3 heteroatoms. The van der Waals surface area contributed by atoms with Gasteiger partial charge in [-0.15, -0.1) is 0 Å². The van der Waals surface area contributed by atoms with Crippen LogP contribution in [-0.2, 0) is 4.79 Å². The Labute approximate surface area is 105 Å². The SMILES string of the molecule is CC1CCC(N(CCC(=O)O)C(C)C)C(C)C1. The Kier molecular flexibility index (Phi) is 5.44. The van der Waals surface area contributed by atoms with Crippen LogP contribution in [0, 0.1) is 11.8 Å². The second-order valence-corrected chi connectivity index (χ2v) is 5.94. The van der Waals surface area contributed by atoms with E-state index in [0.29, 0.717) is 24.5 Å². The summed E-state index contributed by atoms with van der Waals surface area (Å²) in [5.74, 6) is 0.831. The molecule has 3 unspecified atom stereocenters. The van der Waals surface area contributed by atoms with Crippen LogP contribution >= 0.6 is 0 Å². The van der Waals surface area contributed by atoms with Crippen LogP contribution in [0.5, 0.6) is 0 Å². The molecule has 1 aliphatic carbocycles. The third-order valence-electron chi connectivity index (χ3n) is 4.06. The molecule has 0 aromatic rings. The van der Waals surface area contributed by atoms with Gasteiger partial charge in [0.15, 0.2) is 0 Å². The first-order valence-electron chi connectivity index (χ1n) is 6.89. The molecule has 3 nitrogen and oxygen atoms in total. The fraction of sp³-hybridized carbons (Fsp3) is 0.929. The highest BCUT2D eigenvalue weighted by Crippen LogP contribution is 2.32. The molecule has 0 spiro atoms. The van der Waals surface area contributed by atoms with Crippen LogP contribution in [0.15, 0.2) is 0 Å². The van der Waals surface area contributed by atoms with Crippen molar-refractivity contribution in [3.05, 3.63) is 0 Å². The Hall–Kier alpha value is -0.570. The summed E-state index contributed by atoms with van der Waals surface area (Å²) < 4.78 is 0. The molecule has 1 N–H and O–H groups in total. The Bertz CT molecular complexity index is 253. The maximum atomic E-state index is 10.7. The summed E-state index contributed by atoms with van der Waals surface area (Å²) in [5.41, 5.74) is 0. The van der Waals surface area contributed by atoms with E-state index in [1.165, 1.54) is 19.3 Å². The van der Waals surface area contributed by atoms with Gasteiger partial charge >= 0.3 is 5.97 Å². The van der Waals surface area contributed by atoms with Gasteiger partial charge in [-0.3, -0.25) is 9.69 Å². The number of hydrogen-bond donors (Lipinski definition) is 1. The van der Waals surface area contributed by atoms with Crippen LogP contribution in [0.2, 0.25) is 0 Å². The molecule has 0 amide bonds. The topological polar surface area (TPSA) is 40.5 Å². The molecule has 0 bridgehead atoms. The van der Waals surface area contributed by atoms with Crippen LogP contribution in [0.3, 0.4) is 0 Å². The first-order valence-corrected chi connectivity index (χ1v) is 6.89. The van der Waals surface area contributed by atoms with E-state index in [9.17, 15) is 4.79 Å². The molecule has 17 heavy (non-hydrogen) atoms. The molecule has 3 atom stereocenters. The van der Waals surface area contributed by atoms with Crippen molar-refractivity contribution >= 4 is 5.97 Å². The number of carboxylic acid groups (broad SMARTS) is 1. The van der Waals surface area contributed by atoms with E-state index in [1.807, 2.05) is 0 Å². The zero-order chi connectivity index (χ0) is 13.0. The Morgan fingerprint density at radius 2 is 2.00 bits per heavy atom. The van der Waals surface area contributed by atoms with Crippen LogP contribution < -0.4 is 0 Å². The van der Waals surface area contributed by atoms with Gasteiger partial charge in [0.1, 0.15) is 0 Å². The first kappa shape index (κ1) is 14.5. The van der Waals surface area contributed by atoms with Crippen LogP contribution in [-0.4, -0.2) is 34.6 Å². The van der Waals surface area contributed by atoms with Crippen molar-refractivity contribution < 1.29 is 9.90 Å². The van der Waals surface area contributed by atoms with Crippen molar-refractivity contribution in [1.82, 2.24) is 4.90 Å². The van der Waals surface area contributed by atoms with Gasteiger partial charge in [0.2, 0.25) is 0 Å². The maximum Gasteiger partial charge on any atom is 0.304 e. The van der Waals surface area contributed by atoms with Crippen molar-refractivity contribution in [2.24, 2.45) is 11.8 Å². The lowest BCUT2D eigenvalue weighted by atomic mass is 9.78. The highest BCUT2D eigenvalue weighted by molar-refractivity contribution is 5.66. The van der Waals surface area contributed by atoms with Crippen LogP contribution in [0.1, 0.15) is 53.4 Å². The normalized spacial score (nSPS) is 29.9. The average Bonchev–Trinajstić information content (AvgIpc) is 2.20. The lowest BCUT2D eigenvalue weighted by Crippen LogP contribution is -2.47. The van der Waals surface area contributed by atoms with Gasteiger partial charge in [0, 0.05) is 18.6 Å². The van der Waals surface area contributed by atoms with Gasteiger partial charge < -0.3 is 5.11 Å². The summed E-state index contributed by atoms with van der Waals surface area (Å²) in [7, 11) is 0. The van der Waals surface area contributed by atoms with E-state index in [2.05, 4.69) is 32.6 Å². The highest BCUT2D eigenvalue weighted by atomic mass is 16.4. The molecule has 0 aromatic heterocycles. The summed E-state index contributed by atoms with van der Waals surface area (Å²) in [6.45, 7) is 9.68. The molecule has 0 aliphatic heterocycles. The molecule has 1 rings (SSSR count). The van der Waals surface area contributed by atoms with Gasteiger partial charge in [-0.05, 0) is 44.9 Å². The second-order valence-electron chi connectivity index (χ2n) is 5.94. The molecule has 0 radical (unpaired) electrons. The number of nitrogens with zero attached hydrogens (tertiary/aromatic N) is 1. The number of carbonyl (C=O) groups is 1. The van der Waals surface area contributed by atoms with E-state index in [0.717, 1.165) is 5.92 Å². The zero-order valence-corrected chi connectivity index (χ0v) is 11.6. The van der Waals surface area contributed by atoms with Gasteiger partial charge in [-0.2, -0.15) is 0 Å². The largest absolute Gasteiger partial charge is 0.481 e. The van der Waals surface area contributed by atoms with Crippen molar-refractivity contribution in [1.29, 1.82) is 0 Å². The molecule has 0 aromatic carbocycles. The predicted molar refractivity (Wildman–Crippen MR) is 70.1 cm³/mol.